The Bertz CT molecular complexity index is 979. The van der Waals surface area contributed by atoms with Crippen molar-refractivity contribution in [3.8, 4) is 5.75 Å². The summed E-state index contributed by atoms with van der Waals surface area (Å²) < 4.78 is 24.0. The summed E-state index contributed by atoms with van der Waals surface area (Å²) >= 11 is 0. The second-order valence-corrected chi connectivity index (χ2v) is 7.05. The van der Waals surface area contributed by atoms with Crippen molar-refractivity contribution >= 4 is 22.6 Å². The lowest BCUT2D eigenvalue weighted by Crippen LogP contribution is -2.48. The third-order valence-electron chi connectivity index (χ3n) is 5.23. The Morgan fingerprint density at radius 2 is 1.90 bits per heavy atom. The minimum atomic E-state index is -0.229. The van der Waals surface area contributed by atoms with Crippen molar-refractivity contribution in [2.24, 2.45) is 0 Å². The van der Waals surface area contributed by atoms with Gasteiger partial charge in [-0.1, -0.05) is 12.1 Å². The predicted molar refractivity (Wildman–Crippen MR) is 110 cm³/mol. The SMILES string of the molecule is COc1cccc2cc(C(=O)NCCN3CCN(c4ccc(F)cc4)CC3)oc12. The first-order chi connectivity index (χ1) is 14.1. The van der Waals surface area contributed by atoms with Crippen LogP contribution >= 0.6 is 0 Å². The molecule has 1 saturated heterocycles. The highest BCUT2D eigenvalue weighted by atomic mass is 19.1. The van der Waals surface area contributed by atoms with Gasteiger partial charge in [-0.15, -0.1) is 0 Å². The molecule has 0 bridgehead atoms. The molecule has 0 saturated carbocycles. The van der Waals surface area contributed by atoms with Crippen molar-refractivity contribution in [1.82, 2.24) is 10.2 Å². The molecule has 0 atom stereocenters. The fraction of sp³-hybridized carbons (Fsp3) is 0.318. The van der Waals surface area contributed by atoms with E-state index in [1.165, 1.54) is 12.1 Å². The molecule has 3 aromatic rings. The number of nitrogens with zero attached hydrogens (tertiary/aromatic N) is 2. The maximum atomic E-state index is 13.1. The van der Waals surface area contributed by atoms with Gasteiger partial charge >= 0.3 is 0 Å². The van der Waals surface area contributed by atoms with E-state index in [2.05, 4.69) is 15.1 Å². The van der Waals surface area contributed by atoms with E-state index in [1.54, 1.807) is 19.2 Å². The van der Waals surface area contributed by atoms with Crippen molar-refractivity contribution in [1.29, 1.82) is 0 Å². The Morgan fingerprint density at radius 1 is 1.14 bits per heavy atom. The number of anilines is 1. The molecule has 1 aliphatic rings. The minimum absolute atomic E-state index is 0.217. The molecule has 152 valence electrons. The third kappa shape index (κ3) is 4.35. The Labute approximate surface area is 168 Å². The largest absolute Gasteiger partial charge is 0.493 e. The molecule has 0 unspecified atom stereocenters. The van der Waals surface area contributed by atoms with Crippen LogP contribution in [-0.2, 0) is 0 Å². The van der Waals surface area contributed by atoms with E-state index < -0.39 is 0 Å². The van der Waals surface area contributed by atoms with Gasteiger partial charge in [0.1, 0.15) is 5.82 Å². The Morgan fingerprint density at radius 3 is 2.62 bits per heavy atom. The van der Waals surface area contributed by atoms with Crippen molar-refractivity contribution < 1.29 is 18.3 Å². The molecule has 0 radical (unpaired) electrons. The maximum Gasteiger partial charge on any atom is 0.287 e. The van der Waals surface area contributed by atoms with Gasteiger partial charge in [-0.2, -0.15) is 0 Å². The molecule has 29 heavy (non-hydrogen) atoms. The number of nitrogens with one attached hydrogen (secondary N) is 1. The topological polar surface area (TPSA) is 58.0 Å². The second kappa shape index (κ2) is 8.53. The number of fused-ring (bicyclic) bond motifs is 1. The number of methoxy groups -OCH3 is 1. The van der Waals surface area contributed by atoms with Crippen LogP contribution in [0, 0.1) is 5.82 Å². The van der Waals surface area contributed by atoms with Crippen LogP contribution in [0.2, 0.25) is 0 Å². The number of para-hydroxylation sites is 1. The summed E-state index contributed by atoms with van der Waals surface area (Å²) in [6.45, 7) is 4.87. The average Bonchev–Trinajstić information content (AvgIpc) is 3.19. The first-order valence-corrected chi connectivity index (χ1v) is 9.71. The molecule has 1 fully saturated rings. The number of halogens is 1. The lowest BCUT2D eigenvalue weighted by Gasteiger charge is -2.36. The van der Waals surface area contributed by atoms with Gasteiger partial charge in [-0.05, 0) is 36.4 Å². The van der Waals surface area contributed by atoms with Crippen LogP contribution in [0.4, 0.5) is 10.1 Å². The molecule has 7 heteroatoms. The quantitative estimate of drug-likeness (QED) is 0.693. The van der Waals surface area contributed by atoms with Crippen LogP contribution in [0.15, 0.2) is 52.9 Å². The Hall–Kier alpha value is -3.06. The average molecular weight is 397 g/mol. The summed E-state index contributed by atoms with van der Waals surface area (Å²) in [5, 5.41) is 3.76. The highest BCUT2D eigenvalue weighted by Gasteiger charge is 2.18. The Balaban J connectivity index is 1.25. The van der Waals surface area contributed by atoms with Crippen LogP contribution < -0.4 is 15.0 Å². The molecule has 1 N–H and O–H groups in total. The smallest absolute Gasteiger partial charge is 0.287 e. The number of amides is 1. The lowest BCUT2D eigenvalue weighted by molar-refractivity contribution is 0.0922. The first-order valence-electron chi connectivity index (χ1n) is 9.71. The van der Waals surface area contributed by atoms with Crippen molar-refractivity contribution in [2.45, 2.75) is 0 Å². The van der Waals surface area contributed by atoms with Crippen LogP contribution in [0.1, 0.15) is 10.6 Å². The van der Waals surface area contributed by atoms with Crippen LogP contribution in [0.5, 0.6) is 5.75 Å². The van der Waals surface area contributed by atoms with Gasteiger partial charge in [0.2, 0.25) is 0 Å². The number of piperazine rings is 1. The van der Waals surface area contributed by atoms with Crippen molar-refractivity contribution in [2.75, 3.05) is 51.3 Å². The maximum absolute atomic E-state index is 13.1. The van der Waals surface area contributed by atoms with Gasteiger partial charge in [-0.3, -0.25) is 9.69 Å². The fourth-order valence-corrected chi connectivity index (χ4v) is 3.61. The number of carbonyl (C=O) groups is 1. The molecular weight excluding hydrogens is 373 g/mol. The predicted octanol–water partition coefficient (Wildman–Crippen LogP) is 3.13. The number of hydrogen-bond acceptors (Lipinski definition) is 5. The zero-order valence-corrected chi connectivity index (χ0v) is 16.4. The van der Waals surface area contributed by atoms with E-state index in [0.717, 1.165) is 43.8 Å². The molecule has 1 aromatic heterocycles. The van der Waals surface area contributed by atoms with E-state index in [9.17, 15) is 9.18 Å². The highest BCUT2D eigenvalue weighted by Crippen LogP contribution is 2.28. The molecule has 1 aliphatic heterocycles. The van der Waals surface area contributed by atoms with E-state index in [4.69, 9.17) is 9.15 Å². The van der Waals surface area contributed by atoms with E-state index in [-0.39, 0.29) is 17.5 Å². The minimum Gasteiger partial charge on any atom is -0.493 e. The zero-order chi connectivity index (χ0) is 20.2. The fourth-order valence-electron chi connectivity index (χ4n) is 3.61. The molecule has 1 amide bonds. The van der Waals surface area contributed by atoms with Crippen LogP contribution in [0.3, 0.4) is 0 Å². The summed E-state index contributed by atoms with van der Waals surface area (Å²) in [5.74, 6) is 0.449. The number of carbonyl (C=O) groups excluding carboxylic acids is 1. The number of furan rings is 1. The standard InChI is InChI=1S/C22H24FN3O3/c1-28-19-4-2-3-16-15-20(29-21(16)19)22(27)24-9-10-25-11-13-26(14-12-25)18-7-5-17(23)6-8-18/h2-8,15H,9-14H2,1H3,(H,24,27). The number of ether oxygens (including phenoxy) is 1. The van der Waals surface area contributed by atoms with E-state index >= 15 is 0 Å². The monoisotopic (exact) mass is 397 g/mol. The van der Waals surface area contributed by atoms with E-state index in [0.29, 0.717) is 17.9 Å². The first kappa shape index (κ1) is 19.3. The van der Waals surface area contributed by atoms with Crippen molar-refractivity contribution in [3.63, 3.8) is 0 Å². The summed E-state index contributed by atoms with van der Waals surface area (Å²) in [4.78, 5) is 17.0. The van der Waals surface area contributed by atoms with Gasteiger partial charge in [0.25, 0.3) is 5.91 Å². The summed E-state index contributed by atoms with van der Waals surface area (Å²) in [7, 11) is 1.58. The van der Waals surface area contributed by atoms with Gasteiger partial charge < -0.3 is 19.4 Å². The molecule has 0 aliphatic carbocycles. The third-order valence-corrected chi connectivity index (χ3v) is 5.23. The molecule has 2 aromatic carbocycles. The molecular formula is C22H24FN3O3. The normalized spacial score (nSPS) is 14.9. The molecule has 6 nitrogen and oxygen atoms in total. The lowest BCUT2D eigenvalue weighted by atomic mass is 10.2. The van der Waals surface area contributed by atoms with E-state index in [1.807, 2.05) is 24.3 Å². The number of benzene rings is 2. The number of hydrogen-bond donors (Lipinski definition) is 1. The van der Waals surface area contributed by atoms with Crippen LogP contribution in [0.25, 0.3) is 11.0 Å². The summed E-state index contributed by atoms with van der Waals surface area (Å²) in [6, 6.07) is 13.9. The second-order valence-electron chi connectivity index (χ2n) is 7.05. The summed E-state index contributed by atoms with van der Waals surface area (Å²) in [5.41, 5.74) is 1.62. The van der Waals surface area contributed by atoms with Crippen LogP contribution in [-0.4, -0.2) is 57.2 Å². The van der Waals surface area contributed by atoms with Gasteiger partial charge in [0, 0.05) is 50.3 Å². The highest BCUT2D eigenvalue weighted by molar-refractivity contribution is 5.97. The van der Waals surface area contributed by atoms with Gasteiger partial charge in [-0.25, -0.2) is 4.39 Å². The Kier molecular flexibility index (Phi) is 5.67. The summed E-state index contributed by atoms with van der Waals surface area (Å²) in [6.07, 6.45) is 0. The van der Waals surface area contributed by atoms with Crippen molar-refractivity contribution in [3.05, 3.63) is 60.1 Å². The molecule has 2 heterocycles. The molecule has 0 spiro atoms. The molecule has 4 rings (SSSR count). The number of rotatable bonds is 6. The zero-order valence-electron chi connectivity index (χ0n) is 16.4. The van der Waals surface area contributed by atoms with Gasteiger partial charge in [0.15, 0.2) is 17.1 Å². The van der Waals surface area contributed by atoms with Gasteiger partial charge in [0.05, 0.1) is 7.11 Å².